The summed E-state index contributed by atoms with van der Waals surface area (Å²) in [6.07, 6.45) is 1.80. The molecule has 0 bridgehead atoms. The molecule has 3 aromatic heterocycles. The Morgan fingerprint density at radius 1 is 0.651 bits per heavy atom. The Morgan fingerprint density at radius 2 is 1.16 bits per heavy atom. The number of nitrogens with one attached hydrogen (secondary N) is 6. The van der Waals surface area contributed by atoms with E-state index in [4.69, 9.17) is 15.6 Å². The number of hydrogen-bond donors (Lipinski definition) is 6. The molecule has 0 aliphatic heterocycles. The minimum Gasteiger partial charge on any atom is -0.439 e. The fourth-order valence-corrected chi connectivity index (χ4v) is 5.04. The van der Waals surface area contributed by atoms with Crippen LogP contribution >= 0.6 is 0 Å². The number of aromatic amines is 2. The second kappa shape index (κ2) is 11.5. The lowest BCUT2D eigenvalue weighted by molar-refractivity contribution is 0.463. The van der Waals surface area contributed by atoms with Gasteiger partial charge in [0, 0.05) is 74.2 Å². The number of nitrogens with zero attached hydrogens (tertiary/aromatic N) is 1. The highest BCUT2D eigenvalue weighted by molar-refractivity contribution is 6.01. The molecular weight excluding hydrogens is 534 g/mol. The number of benzene rings is 3. The van der Waals surface area contributed by atoms with Gasteiger partial charge in [0.05, 0.1) is 0 Å². The molecule has 216 valence electrons. The van der Waals surface area contributed by atoms with Crippen molar-refractivity contribution in [3.8, 4) is 34.1 Å². The first-order valence-electron chi connectivity index (χ1n) is 14.4. The lowest BCUT2D eigenvalue weighted by atomic mass is 10.1. The van der Waals surface area contributed by atoms with E-state index in [0.717, 1.165) is 55.4 Å². The van der Waals surface area contributed by atoms with Crippen molar-refractivity contribution in [1.29, 1.82) is 10.8 Å². The fraction of sp³-hybridized carbons (Fsp3) is 0.171. The number of H-pyrrole nitrogens is 2. The van der Waals surface area contributed by atoms with Crippen molar-refractivity contribution in [3.63, 3.8) is 0 Å². The van der Waals surface area contributed by atoms with Gasteiger partial charge in [-0.15, -0.1) is 0 Å². The first-order valence-corrected chi connectivity index (χ1v) is 14.4. The van der Waals surface area contributed by atoms with Crippen LogP contribution in [0, 0.1) is 10.8 Å². The molecule has 43 heavy (non-hydrogen) atoms. The minimum absolute atomic E-state index is 0.204. The summed E-state index contributed by atoms with van der Waals surface area (Å²) in [5, 5.41) is 25.0. The number of ether oxygens (including phenoxy) is 1. The molecule has 8 heteroatoms. The molecule has 6 rings (SSSR count). The van der Waals surface area contributed by atoms with Crippen molar-refractivity contribution in [2.24, 2.45) is 0 Å². The third-order valence-corrected chi connectivity index (χ3v) is 7.12. The normalized spacial score (nSPS) is 11.4. The lowest BCUT2D eigenvalue weighted by Gasteiger charge is -2.11. The van der Waals surface area contributed by atoms with Gasteiger partial charge in [-0.25, -0.2) is 4.98 Å². The van der Waals surface area contributed by atoms with Gasteiger partial charge in [0.2, 0.25) is 5.88 Å². The maximum absolute atomic E-state index is 8.28. The van der Waals surface area contributed by atoms with E-state index in [0.29, 0.717) is 23.3 Å². The third kappa shape index (κ3) is 6.13. The number of pyridine rings is 1. The van der Waals surface area contributed by atoms with Crippen LogP contribution in [-0.4, -0.2) is 38.7 Å². The summed E-state index contributed by atoms with van der Waals surface area (Å²) in [6.45, 7) is 8.10. The third-order valence-electron chi connectivity index (χ3n) is 7.12. The molecule has 8 nitrogen and oxygen atoms in total. The Labute approximate surface area is 250 Å². The molecule has 6 N–H and O–H groups in total. The molecule has 0 spiro atoms. The zero-order chi connectivity index (χ0) is 30.1. The highest BCUT2D eigenvalue weighted by atomic mass is 16.5. The molecule has 0 radical (unpaired) electrons. The molecule has 0 atom stereocenters. The predicted molar refractivity (Wildman–Crippen MR) is 176 cm³/mol. The van der Waals surface area contributed by atoms with E-state index < -0.39 is 0 Å². The Morgan fingerprint density at radius 3 is 1.65 bits per heavy atom. The van der Waals surface area contributed by atoms with E-state index in [9.17, 15) is 0 Å². The highest BCUT2D eigenvalue weighted by Gasteiger charge is 2.10. The highest BCUT2D eigenvalue weighted by Crippen LogP contribution is 2.29. The molecule has 0 aliphatic rings. The van der Waals surface area contributed by atoms with E-state index >= 15 is 0 Å². The van der Waals surface area contributed by atoms with Crippen LogP contribution in [0.5, 0.6) is 11.6 Å². The maximum atomic E-state index is 8.28. The fourth-order valence-electron chi connectivity index (χ4n) is 5.04. The lowest BCUT2D eigenvalue weighted by Crippen LogP contribution is -2.30. The van der Waals surface area contributed by atoms with Crippen LogP contribution in [0.2, 0.25) is 0 Å². The zero-order valence-electron chi connectivity index (χ0n) is 24.7. The van der Waals surface area contributed by atoms with Crippen LogP contribution in [0.25, 0.3) is 44.3 Å². The maximum Gasteiger partial charge on any atom is 0.219 e. The summed E-state index contributed by atoms with van der Waals surface area (Å²) < 4.78 is 6.03. The largest absolute Gasteiger partial charge is 0.439 e. The summed E-state index contributed by atoms with van der Waals surface area (Å²) in [4.78, 5) is 11.5. The standard InChI is InChI=1S/C35H35N7O/c1-20(2)39-34(36)25-7-5-23-15-29(41-30(23)17-25)22-9-12-28(13-10-22)43-33-14-11-27(19-38-33)32-16-24-6-8-26(18-31(24)42-32)35(37)40-21(3)4/h5-21,41-42H,1-4H3,(H2,36,39)(H2,37,40). The van der Waals surface area contributed by atoms with Gasteiger partial charge in [0.15, 0.2) is 0 Å². The van der Waals surface area contributed by atoms with Gasteiger partial charge in [0.1, 0.15) is 17.4 Å². The molecule has 0 unspecified atom stereocenters. The summed E-state index contributed by atoms with van der Waals surface area (Å²) in [5.74, 6) is 2.05. The van der Waals surface area contributed by atoms with Crippen LogP contribution in [0.4, 0.5) is 0 Å². The van der Waals surface area contributed by atoms with Crippen LogP contribution in [0.1, 0.15) is 38.8 Å². The van der Waals surface area contributed by atoms with Crippen molar-refractivity contribution in [3.05, 3.63) is 102 Å². The Kier molecular flexibility index (Phi) is 7.42. The average molecular weight is 570 g/mol. The molecule has 0 aliphatic carbocycles. The van der Waals surface area contributed by atoms with Crippen LogP contribution in [-0.2, 0) is 0 Å². The first-order chi connectivity index (χ1) is 20.7. The Balaban J connectivity index is 1.13. The van der Waals surface area contributed by atoms with Crippen LogP contribution < -0.4 is 15.4 Å². The van der Waals surface area contributed by atoms with Crippen molar-refractivity contribution >= 4 is 33.5 Å². The minimum atomic E-state index is 0.204. The summed E-state index contributed by atoms with van der Waals surface area (Å²) in [5.41, 5.74) is 7.62. The molecule has 3 heterocycles. The molecular formula is C35H35N7O. The average Bonchev–Trinajstić information content (AvgIpc) is 3.61. The molecule has 0 amide bonds. The topological polar surface area (TPSA) is 125 Å². The SMILES string of the molecule is CC(C)NC(=N)c1ccc2cc(-c3ccc(Oc4ccc(-c5cc6ccc(C(=N)NC(C)C)cc6[nH]5)cn4)cc3)[nH]c2c1. The Bertz CT molecular complexity index is 1790. The van der Waals surface area contributed by atoms with Gasteiger partial charge in [-0.2, -0.15) is 0 Å². The summed E-state index contributed by atoms with van der Waals surface area (Å²) in [6, 6.07) is 28.4. The van der Waals surface area contributed by atoms with Crippen molar-refractivity contribution in [2.75, 3.05) is 0 Å². The second-order valence-electron chi connectivity index (χ2n) is 11.3. The quantitative estimate of drug-likeness (QED) is 0.0825. The summed E-state index contributed by atoms with van der Waals surface area (Å²) >= 11 is 0. The van der Waals surface area contributed by atoms with Crippen molar-refractivity contribution in [1.82, 2.24) is 25.6 Å². The second-order valence-corrected chi connectivity index (χ2v) is 11.3. The monoisotopic (exact) mass is 569 g/mol. The number of rotatable bonds is 8. The molecule has 0 fully saturated rings. The van der Waals surface area contributed by atoms with Gasteiger partial charge in [-0.1, -0.05) is 24.3 Å². The van der Waals surface area contributed by atoms with Gasteiger partial charge in [-0.05, 0) is 87.9 Å². The van der Waals surface area contributed by atoms with Crippen molar-refractivity contribution < 1.29 is 4.74 Å². The van der Waals surface area contributed by atoms with Gasteiger partial charge < -0.3 is 25.3 Å². The number of amidine groups is 2. The van der Waals surface area contributed by atoms with Crippen LogP contribution in [0.3, 0.4) is 0 Å². The van der Waals surface area contributed by atoms with E-state index in [2.05, 4.69) is 37.7 Å². The molecule has 0 saturated heterocycles. The number of hydrogen-bond acceptors (Lipinski definition) is 4. The van der Waals surface area contributed by atoms with Gasteiger partial charge in [0.25, 0.3) is 0 Å². The zero-order valence-corrected chi connectivity index (χ0v) is 24.7. The summed E-state index contributed by atoms with van der Waals surface area (Å²) in [7, 11) is 0. The van der Waals surface area contributed by atoms with Gasteiger partial charge >= 0.3 is 0 Å². The van der Waals surface area contributed by atoms with E-state index in [1.165, 1.54) is 0 Å². The van der Waals surface area contributed by atoms with Crippen LogP contribution in [0.15, 0.2) is 91.1 Å². The molecule has 6 aromatic rings. The molecule has 3 aromatic carbocycles. The van der Waals surface area contributed by atoms with E-state index in [-0.39, 0.29) is 12.1 Å². The smallest absolute Gasteiger partial charge is 0.219 e. The predicted octanol–water partition coefficient (Wildman–Crippen LogP) is 7.82. The van der Waals surface area contributed by atoms with E-state index in [1.54, 1.807) is 6.20 Å². The van der Waals surface area contributed by atoms with Gasteiger partial charge in [-0.3, -0.25) is 10.8 Å². The Hall–Kier alpha value is -5.37. The molecule has 0 saturated carbocycles. The van der Waals surface area contributed by atoms with E-state index in [1.807, 2.05) is 100 Å². The van der Waals surface area contributed by atoms with Crippen molar-refractivity contribution in [2.45, 2.75) is 39.8 Å². The first kappa shape index (κ1) is 27.8. The number of aromatic nitrogens is 3. The number of fused-ring (bicyclic) bond motifs is 2.